The minimum absolute atomic E-state index is 0.161. The average Bonchev–Trinajstić information content (AvgIpc) is 2.40. The van der Waals surface area contributed by atoms with Gasteiger partial charge in [0.05, 0.1) is 5.56 Å². The lowest BCUT2D eigenvalue weighted by Crippen LogP contribution is -2.27. The summed E-state index contributed by atoms with van der Waals surface area (Å²) >= 11 is 0. The van der Waals surface area contributed by atoms with Crippen molar-refractivity contribution in [1.82, 2.24) is 10.3 Å². The van der Waals surface area contributed by atoms with Crippen molar-refractivity contribution in [3.63, 3.8) is 0 Å². The van der Waals surface area contributed by atoms with Gasteiger partial charge in [-0.15, -0.1) is 0 Å². The SMILES string of the molecule is Cc1cc(F)ncc1C(=O)NCCC1CC/C=C/CCC1. The van der Waals surface area contributed by atoms with Crippen molar-refractivity contribution in [2.75, 3.05) is 6.54 Å². The molecule has 0 aliphatic heterocycles. The third kappa shape index (κ3) is 4.96. The topological polar surface area (TPSA) is 42.0 Å². The number of carbonyl (C=O) groups excluding carboxylic acids is 1. The highest BCUT2D eigenvalue weighted by atomic mass is 19.1. The van der Waals surface area contributed by atoms with E-state index in [2.05, 4.69) is 22.5 Å². The summed E-state index contributed by atoms with van der Waals surface area (Å²) in [5, 5.41) is 2.92. The largest absolute Gasteiger partial charge is 0.352 e. The highest BCUT2D eigenvalue weighted by molar-refractivity contribution is 5.95. The van der Waals surface area contributed by atoms with Crippen molar-refractivity contribution in [2.24, 2.45) is 5.92 Å². The number of allylic oxidation sites excluding steroid dienone is 2. The monoisotopic (exact) mass is 290 g/mol. The number of halogens is 1. The molecular formula is C17H23FN2O. The molecule has 3 nitrogen and oxygen atoms in total. The molecule has 0 saturated carbocycles. The lowest BCUT2D eigenvalue weighted by atomic mass is 9.91. The molecule has 1 amide bonds. The van der Waals surface area contributed by atoms with Crippen molar-refractivity contribution in [3.05, 3.63) is 41.5 Å². The zero-order valence-electron chi connectivity index (χ0n) is 12.6. The minimum atomic E-state index is -0.549. The standard InChI is InChI=1S/C17H23FN2O/c1-13-11-16(18)20-12-15(13)17(21)19-10-9-14-7-5-3-2-4-6-8-14/h2-3,11-12,14H,4-10H2,1H3,(H,19,21)/b3-2+. The highest BCUT2D eigenvalue weighted by Crippen LogP contribution is 2.21. The van der Waals surface area contributed by atoms with Crippen LogP contribution in [0.4, 0.5) is 4.39 Å². The molecule has 0 aromatic carbocycles. The predicted octanol–water partition coefficient (Wildman–Crippen LogP) is 3.79. The molecule has 0 bridgehead atoms. The second kappa shape index (κ2) is 7.91. The number of aryl methyl sites for hydroxylation is 1. The van der Waals surface area contributed by atoms with Gasteiger partial charge in [0.15, 0.2) is 0 Å². The van der Waals surface area contributed by atoms with E-state index in [9.17, 15) is 9.18 Å². The minimum Gasteiger partial charge on any atom is -0.352 e. The van der Waals surface area contributed by atoms with Crippen molar-refractivity contribution in [3.8, 4) is 0 Å². The second-order valence-electron chi connectivity index (χ2n) is 5.71. The van der Waals surface area contributed by atoms with Crippen LogP contribution in [0.15, 0.2) is 24.4 Å². The molecule has 21 heavy (non-hydrogen) atoms. The van der Waals surface area contributed by atoms with E-state index in [0.717, 1.165) is 12.8 Å². The molecule has 1 aromatic heterocycles. The van der Waals surface area contributed by atoms with Gasteiger partial charge >= 0.3 is 0 Å². The van der Waals surface area contributed by atoms with Crippen molar-refractivity contribution in [1.29, 1.82) is 0 Å². The summed E-state index contributed by atoms with van der Waals surface area (Å²) in [6, 6.07) is 1.29. The average molecular weight is 290 g/mol. The summed E-state index contributed by atoms with van der Waals surface area (Å²) in [5.41, 5.74) is 1.08. The third-order valence-corrected chi connectivity index (χ3v) is 4.05. The maximum Gasteiger partial charge on any atom is 0.253 e. The van der Waals surface area contributed by atoms with E-state index < -0.39 is 5.95 Å². The van der Waals surface area contributed by atoms with Gasteiger partial charge in [0.1, 0.15) is 0 Å². The quantitative estimate of drug-likeness (QED) is 0.677. The molecule has 1 unspecified atom stereocenters. The Morgan fingerprint density at radius 1 is 1.38 bits per heavy atom. The van der Waals surface area contributed by atoms with Crippen LogP contribution in [0.3, 0.4) is 0 Å². The number of nitrogens with one attached hydrogen (secondary N) is 1. The Morgan fingerprint density at radius 3 is 3.00 bits per heavy atom. The van der Waals surface area contributed by atoms with Gasteiger partial charge in [-0.2, -0.15) is 4.39 Å². The van der Waals surface area contributed by atoms with Crippen molar-refractivity contribution < 1.29 is 9.18 Å². The lowest BCUT2D eigenvalue weighted by molar-refractivity contribution is 0.0950. The Balaban J connectivity index is 1.79. The van der Waals surface area contributed by atoms with Gasteiger partial charge in [-0.3, -0.25) is 4.79 Å². The van der Waals surface area contributed by atoms with Gasteiger partial charge in [-0.05, 0) is 56.6 Å². The summed E-state index contributed by atoms with van der Waals surface area (Å²) in [7, 11) is 0. The Hall–Kier alpha value is -1.71. The van der Waals surface area contributed by atoms with Crippen molar-refractivity contribution in [2.45, 2.75) is 45.4 Å². The first kappa shape index (κ1) is 15.7. The smallest absolute Gasteiger partial charge is 0.253 e. The van der Waals surface area contributed by atoms with E-state index >= 15 is 0 Å². The van der Waals surface area contributed by atoms with Gasteiger partial charge in [0.2, 0.25) is 5.95 Å². The lowest BCUT2D eigenvalue weighted by Gasteiger charge is -2.17. The fourth-order valence-corrected chi connectivity index (χ4v) is 2.77. The van der Waals surface area contributed by atoms with E-state index in [4.69, 9.17) is 0 Å². The van der Waals surface area contributed by atoms with Gasteiger partial charge in [0, 0.05) is 12.7 Å². The van der Waals surface area contributed by atoms with Crippen LogP contribution in [0, 0.1) is 18.8 Å². The number of carbonyl (C=O) groups is 1. The number of rotatable bonds is 4. The Kier molecular flexibility index (Phi) is 5.90. The van der Waals surface area contributed by atoms with Crippen LogP contribution in [0.2, 0.25) is 0 Å². The molecule has 114 valence electrons. The predicted molar refractivity (Wildman–Crippen MR) is 81.6 cm³/mol. The first-order chi connectivity index (χ1) is 10.2. The molecule has 2 rings (SSSR count). The second-order valence-corrected chi connectivity index (χ2v) is 5.71. The van der Waals surface area contributed by atoms with E-state index in [1.165, 1.54) is 37.9 Å². The molecular weight excluding hydrogens is 267 g/mol. The third-order valence-electron chi connectivity index (χ3n) is 4.05. The van der Waals surface area contributed by atoms with E-state index in [1.807, 2.05) is 0 Å². The molecule has 1 aliphatic rings. The molecule has 1 aromatic rings. The maximum absolute atomic E-state index is 12.9. The molecule has 1 N–H and O–H groups in total. The van der Waals surface area contributed by atoms with Gasteiger partial charge < -0.3 is 5.32 Å². The first-order valence-electron chi connectivity index (χ1n) is 7.72. The Bertz CT molecular complexity index is 514. The Morgan fingerprint density at radius 2 is 2.19 bits per heavy atom. The number of pyridine rings is 1. The zero-order valence-corrected chi connectivity index (χ0v) is 12.6. The molecule has 0 spiro atoms. The maximum atomic E-state index is 12.9. The highest BCUT2D eigenvalue weighted by Gasteiger charge is 2.12. The molecule has 1 heterocycles. The number of hydrogen-bond acceptors (Lipinski definition) is 2. The summed E-state index contributed by atoms with van der Waals surface area (Å²) in [6.07, 6.45) is 12.8. The molecule has 0 radical (unpaired) electrons. The van der Waals surface area contributed by atoms with Crippen LogP contribution in [0.5, 0.6) is 0 Å². The van der Waals surface area contributed by atoms with E-state index in [0.29, 0.717) is 23.6 Å². The fourth-order valence-electron chi connectivity index (χ4n) is 2.77. The van der Waals surface area contributed by atoms with Crippen LogP contribution >= 0.6 is 0 Å². The van der Waals surface area contributed by atoms with E-state index in [1.54, 1.807) is 6.92 Å². The number of amides is 1. The fraction of sp³-hybridized carbons (Fsp3) is 0.529. The van der Waals surface area contributed by atoms with Gasteiger partial charge in [0.25, 0.3) is 5.91 Å². The van der Waals surface area contributed by atoms with Crippen LogP contribution in [0.25, 0.3) is 0 Å². The normalized spacial score (nSPS) is 20.4. The number of aromatic nitrogens is 1. The summed E-state index contributed by atoms with van der Waals surface area (Å²) < 4.78 is 12.9. The van der Waals surface area contributed by atoms with Crippen LogP contribution in [0.1, 0.15) is 54.4 Å². The summed E-state index contributed by atoms with van der Waals surface area (Å²) in [6.45, 7) is 2.39. The molecule has 4 heteroatoms. The van der Waals surface area contributed by atoms with Crippen LogP contribution < -0.4 is 5.32 Å². The zero-order chi connectivity index (χ0) is 15.1. The van der Waals surface area contributed by atoms with Crippen LogP contribution in [-0.2, 0) is 0 Å². The van der Waals surface area contributed by atoms with E-state index in [-0.39, 0.29) is 5.91 Å². The summed E-state index contributed by atoms with van der Waals surface area (Å²) in [5.74, 6) is -0.0277. The molecule has 0 fully saturated rings. The number of hydrogen-bond donors (Lipinski definition) is 1. The first-order valence-corrected chi connectivity index (χ1v) is 7.72. The molecule has 1 atom stereocenters. The van der Waals surface area contributed by atoms with Crippen LogP contribution in [-0.4, -0.2) is 17.4 Å². The van der Waals surface area contributed by atoms with Gasteiger partial charge in [-0.1, -0.05) is 18.6 Å². The Labute approximate surface area is 125 Å². The molecule has 1 aliphatic carbocycles. The number of nitrogens with zero attached hydrogens (tertiary/aromatic N) is 1. The van der Waals surface area contributed by atoms with Crippen molar-refractivity contribution >= 4 is 5.91 Å². The summed E-state index contributed by atoms with van der Waals surface area (Å²) in [4.78, 5) is 15.6. The van der Waals surface area contributed by atoms with Gasteiger partial charge in [-0.25, -0.2) is 4.98 Å². The molecule has 0 saturated heterocycles.